The highest BCUT2D eigenvalue weighted by molar-refractivity contribution is 5.90. The number of allylic oxidation sites excluding steroid dienone is 1. The van der Waals surface area contributed by atoms with Crippen LogP contribution in [0, 0.1) is 39.4 Å². The summed E-state index contributed by atoms with van der Waals surface area (Å²) in [5.74, 6) is 0. The van der Waals surface area contributed by atoms with Crippen LogP contribution in [0.5, 0.6) is 0 Å². The van der Waals surface area contributed by atoms with Crippen LogP contribution in [0.2, 0.25) is 0 Å². The first-order valence-corrected chi connectivity index (χ1v) is 10.7. The number of benzene rings is 4. The summed E-state index contributed by atoms with van der Waals surface area (Å²) in [5.41, 5.74) is 3.32. The molecule has 0 unspecified atom stereocenters. The van der Waals surface area contributed by atoms with Gasteiger partial charge in [-0.05, 0) is 45.5 Å². The number of fused-ring (bicyclic) bond motifs is 1. The van der Waals surface area contributed by atoms with Gasteiger partial charge in [-0.3, -0.25) is 0 Å². The maximum Gasteiger partial charge on any atom is 0.151 e. The van der Waals surface area contributed by atoms with E-state index in [1.54, 1.807) is 6.07 Å². The third kappa shape index (κ3) is 4.52. The fourth-order valence-electron chi connectivity index (χ4n) is 4.12. The van der Waals surface area contributed by atoms with Crippen LogP contribution >= 0.6 is 0 Å². The molecular formula is C30H21N3. The van der Waals surface area contributed by atoms with Crippen molar-refractivity contribution in [3.63, 3.8) is 0 Å². The van der Waals surface area contributed by atoms with E-state index in [9.17, 15) is 15.8 Å². The Kier molecular flexibility index (Phi) is 6.31. The van der Waals surface area contributed by atoms with Crippen LogP contribution in [0.1, 0.15) is 28.7 Å². The summed E-state index contributed by atoms with van der Waals surface area (Å²) in [4.78, 5) is 0. The zero-order valence-electron chi connectivity index (χ0n) is 18.1. The first kappa shape index (κ1) is 21.6. The van der Waals surface area contributed by atoms with E-state index in [0.29, 0.717) is 5.56 Å². The molecule has 0 radical (unpaired) electrons. The van der Waals surface area contributed by atoms with Gasteiger partial charge in [-0.25, -0.2) is 0 Å². The van der Waals surface area contributed by atoms with Crippen molar-refractivity contribution in [2.75, 3.05) is 0 Å². The molecule has 0 N–H and O–H groups in total. The van der Waals surface area contributed by atoms with E-state index in [1.807, 2.05) is 97.1 Å². The van der Waals surface area contributed by atoms with E-state index in [4.69, 9.17) is 0 Å². The van der Waals surface area contributed by atoms with Gasteiger partial charge in [0.05, 0.1) is 23.8 Å². The van der Waals surface area contributed by atoms with Gasteiger partial charge in [-0.2, -0.15) is 15.8 Å². The molecule has 0 saturated carbocycles. The van der Waals surface area contributed by atoms with Crippen LogP contribution in [-0.2, 0) is 6.42 Å². The number of hydrogen-bond donors (Lipinski definition) is 0. The number of nitrogens with zero attached hydrogens (tertiary/aromatic N) is 3. The summed E-state index contributed by atoms with van der Waals surface area (Å²) < 4.78 is 0. The smallest absolute Gasteiger partial charge is 0.151 e. The van der Waals surface area contributed by atoms with Crippen molar-refractivity contribution in [3.05, 3.63) is 125 Å². The summed E-state index contributed by atoms with van der Waals surface area (Å²) in [5, 5.41) is 31.4. The Morgan fingerprint density at radius 3 is 1.76 bits per heavy atom. The highest BCUT2D eigenvalue weighted by atomic mass is 14.4. The van der Waals surface area contributed by atoms with Gasteiger partial charge < -0.3 is 0 Å². The Hall–Kier alpha value is -4.65. The van der Waals surface area contributed by atoms with E-state index in [-0.39, 0.29) is 12.8 Å². The van der Waals surface area contributed by atoms with Crippen LogP contribution in [0.25, 0.3) is 16.3 Å². The monoisotopic (exact) mass is 423 g/mol. The van der Waals surface area contributed by atoms with Crippen LogP contribution in [0.15, 0.2) is 103 Å². The number of nitriles is 3. The van der Waals surface area contributed by atoms with Crippen molar-refractivity contribution in [2.45, 2.75) is 12.8 Å². The second-order valence-corrected chi connectivity index (χ2v) is 7.97. The summed E-state index contributed by atoms with van der Waals surface area (Å²) in [6.07, 6.45) is 2.57. The predicted octanol–water partition coefficient (Wildman–Crippen LogP) is 6.81. The lowest BCUT2D eigenvalue weighted by atomic mass is 9.79. The summed E-state index contributed by atoms with van der Waals surface area (Å²) in [6, 6.07) is 38.1. The lowest BCUT2D eigenvalue weighted by molar-refractivity contribution is 0.529. The quantitative estimate of drug-likeness (QED) is 0.342. The van der Waals surface area contributed by atoms with Gasteiger partial charge in [0.25, 0.3) is 0 Å². The third-order valence-corrected chi connectivity index (χ3v) is 5.88. The minimum absolute atomic E-state index is 0.277. The zero-order valence-corrected chi connectivity index (χ0v) is 18.1. The van der Waals surface area contributed by atoms with Crippen molar-refractivity contribution in [1.29, 1.82) is 15.8 Å². The number of hydrogen-bond acceptors (Lipinski definition) is 3. The molecule has 0 atom stereocenters. The highest BCUT2D eigenvalue weighted by Gasteiger charge is 2.30. The Morgan fingerprint density at radius 1 is 0.667 bits per heavy atom. The average molecular weight is 424 g/mol. The predicted molar refractivity (Wildman–Crippen MR) is 131 cm³/mol. The molecule has 3 nitrogen and oxygen atoms in total. The fourth-order valence-corrected chi connectivity index (χ4v) is 4.12. The minimum Gasteiger partial charge on any atom is -0.197 e. The molecule has 0 heterocycles. The standard InChI is InChI=1S/C30H21N3/c31-20-26-16-15-25(28-13-7-8-14-29(26)28)19-30(21-32,22-33)18-17-27(23-9-3-1-4-10-23)24-11-5-2-6-12-24/h1-17H,18-19H2. The molecule has 0 saturated heterocycles. The van der Waals surface area contributed by atoms with Crippen LogP contribution < -0.4 is 0 Å². The Bertz CT molecular complexity index is 1370. The molecule has 156 valence electrons. The van der Waals surface area contributed by atoms with Gasteiger partial charge in [0.2, 0.25) is 0 Å². The maximum atomic E-state index is 10.1. The third-order valence-electron chi connectivity index (χ3n) is 5.88. The molecule has 4 aromatic carbocycles. The molecule has 3 heteroatoms. The topological polar surface area (TPSA) is 71.4 Å². The molecule has 0 spiro atoms. The average Bonchev–Trinajstić information content (AvgIpc) is 2.89. The van der Waals surface area contributed by atoms with E-state index < -0.39 is 5.41 Å². The molecule has 0 bridgehead atoms. The van der Waals surface area contributed by atoms with Gasteiger partial charge >= 0.3 is 0 Å². The molecule has 4 aromatic rings. The van der Waals surface area contributed by atoms with Crippen LogP contribution in [0.3, 0.4) is 0 Å². The van der Waals surface area contributed by atoms with Crippen molar-refractivity contribution >= 4 is 16.3 Å². The van der Waals surface area contributed by atoms with Crippen LogP contribution in [0.4, 0.5) is 0 Å². The fraction of sp³-hybridized carbons (Fsp3) is 0.100. The Balaban J connectivity index is 1.75. The van der Waals surface area contributed by atoms with Crippen molar-refractivity contribution < 1.29 is 0 Å². The highest BCUT2D eigenvalue weighted by Crippen LogP contribution is 2.34. The van der Waals surface area contributed by atoms with Gasteiger partial charge in [-0.1, -0.05) is 97.1 Å². The van der Waals surface area contributed by atoms with Crippen LogP contribution in [-0.4, -0.2) is 0 Å². The molecule has 0 amide bonds. The molecule has 0 aromatic heterocycles. The van der Waals surface area contributed by atoms with Gasteiger partial charge in [0, 0.05) is 6.42 Å². The number of rotatable bonds is 6. The van der Waals surface area contributed by atoms with E-state index >= 15 is 0 Å². The lowest BCUT2D eigenvalue weighted by Crippen LogP contribution is -2.19. The minimum atomic E-state index is -1.23. The van der Waals surface area contributed by atoms with E-state index in [0.717, 1.165) is 33.0 Å². The second kappa shape index (κ2) is 9.65. The summed E-state index contributed by atoms with van der Waals surface area (Å²) >= 11 is 0. The second-order valence-electron chi connectivity index (χ2n) is 7.97. The molecule has 0 aliphatic heterocycles. The van der Waals surface area contributed by atoms with E-state index in [2.05, 4.69) is 18.2 Å². The Labute approximate surface area is 194 Å². The van der Waals surface area contributed by atoms with Crippen molar-refractivity contribution in [1.82, 2.24) is 0 Å². The molecule has 33 heavy (non-hydrogen) atoms. The van der Waals surface area contributed by atoms with Gasteiger partial charge in [-0.15, -0.1) is 0 Å². The zero-order chi connectivity index (χ0) is 23.1. The molecule has 0 aliphatic rings. The largest absolute Gasteiger partial charge is 0.197 e. The first-order chi connectivity index (χ1) is 16.2. The van der Waals surface area contributed by atoms with E-state index in [1.165, 1.54) is 0 Å². The Morgan fingerprint density at radius 2 is 1.21 bits per heavy atom. The first-order valence-electron chi connectivity index (χ1n) is 10.7. The lowest BCUT2D eigenvalue weighted by Gasteiger charge is -2.19. The molecular weight excluding hydrogens is 402 g/mol. The van der Waals surface area contributed by atoms with Gasteiger partial charge in [0.1, 0.15) is 0 Å². The van der Waals surface area contributed by atoms with Crippen molar-refractivity contribution in [2.24, 2.45) is 5.41 Å². The molecule has 0 aliphatic carbocycles. The maximum absolute atomic E-state index is 10.1. The SMILES string of the molecule is N#Cc1ccc(CC(C#N)(C#N)CC=C(c2ccccc2)c2ccccc2)c2ccccc12. The summed E-state index contributed by atoms with van der Waals surface area (Å²) in [6.45, 7) is 0. The summed E-state index contributed by atoms with van der Waals surface area (Å²) in [7, 11) is 0. The molecule has 0 fully saturated rings. The normalized spacial score (nSPS) is 10.6. The molecule has 4 rings (SSSR count). The van der Waals surface area contributed by atoms with Gasteiger partial charge in [0.15, 0.2) is 5.41 Å². The van der Waals surface area contributed by atoms with Crippen molar-refractivity contribution in [3.8, 4) is 18.2 Å².